The SMILES string of the molecule is CCOc1ccc(-n2c(Cc3ccccc3)nnc2SCc2cc(C)no2)cc1. The molecule has 0 unspecified atom stereocenters. The van der Waals surface area contributed by atoms with E-state index in [1.54, 1.807) is 11.8 Å². The van der Waals surface area contributed by atoms with Crippen LogP contribution in [-0.4, -0.2) is 26.5 Å². The van der Waals surface area contributed by atoms with Crippen molar-refractivity contribution in [2.75, 3.05) is 6.61 Å². The van der Waals surface area contributed by atoms with Gasteiger partial charge in [-0.2, -0.15) is 0 Å². The van der Waals surface area contributed by atoms with Crippen molar-refractivity contribution >= 4 is 11.8 Å². The second kappa shape index (κ2) is 8.96. The molecule has 6 nitrogen and oxygen atoms in total. The van der Waals surface area contributed by atoms with Crippen LogP contribution in [0, 0.1) is 6.92 Å². The second-order valence-electron chi connectivity index (χ2n) is 6.55. The van der Waals surface area contributed by atoms with E-state index in [0.29, 0.717) is 18.8 Å². The van der Waals surface area contributed by atoms with E-state index in [0.717, 1.165) is 33.9 Å². The van der Waals surface area contributed by atoms with Gasteiger partial charge in [-0.05, 0) is 43.7 Å². The number of nitrogens with zero attached hydrogens (tertiary/aromatic N) is 4. The number of hydrogen-bond donors (Lipinski definition) is 0. The van der Waals surface area contributed by atoms with E-state index < -0.39 is 0 Å². The molecule has 4 aromatic rings. The fourth-order valence-electron chi connectivity index (χ4n) is 3.02. The van der Waals surface area contributed by atoms with Crippen molar-refractivity contribution in [1.82, 2.24) is 19.9 Å². The van der Waals surface area contributed by atoms with Gasteiger partial charge in [-0.1, -0.05) is 47.3 Å². The van der Waals surface area contributed by atoms with Gasteiger partial charge in [-0.25, -0.2) is 0 Å². The minimum Gasteiger partial charge on any atom is -0.494 e. The summed E-state index contributed by atoms with van der Waals surface area (Å²) in [4.78, 5) is 0. The zero-order valence-corrected chi connectivity index (χ0v) is 17.2. The minimum atomic E-state index is 0.640. The molecule has 0 radical (unpaired) electrons. The van der Waals surface area contributed by atoms with E-state index in [1.807, 2.05) is 62.4 Å². The minimum absolute atomic E-state index is 0.640. The van der Waals surface area contributed by atoms with E-state index in [9.17, 15) is 0 Å². The summed E-state index contributed by atoms with van der Waals surface area (Å²) in [5.74, 6) is 3.19. The van der Waals surface area contributed by atoms with Crippen LogP contribution < -0.4 is 4.74 Å². The van der Waals surface area contributed by atoms with Crippen LogP contribution in [0.1, 0.15) is 29.8 Å². The zero-order chi connectivity index (χ0) is 20.1. The largest absolute Gasteiger partial charge is 0.494 e. The number of hydrogen-bond acceptors (Lipinski definition) is 6. The smallest absolute Gasteiger partial charge is 0.196 e. The molecule has 0 N–H and O–H groups in total. The van der Waals surface area contributed by atoms with Crippen molar-refractivity contribution in [3.63, 3.8) is 0 Å². The number of aryl methyl sites for hydroxylation is 1. The van der Waals surface area contributed by atoms with Crippen molar-refractivity contribution in [3.05, 3.63) is 83.5 Å². The monoisotopic (exact) mass is 406 g/mol. The normalized spacial score (nSPS) is 11.0. The number of benzene rings is 2. The molecule has 0 atom stereocenters. The Morgan fingerprint density at radius 3 is 2.52 bits per heavy atom. The topological polar surface area (TPSA) is 66.0 Å². The molecule has 29 heavy (non-hydrogen) atoms. The number of ether oxygens (including phenoxy) is 1. The molecular weight excluding hydrogens is 384 g/mol. The first-order valence-corrected chi connectivity index (χ1v) is 10.5. The van der Waals surface area contributed by atoms with Gasteiger partial charge in [0.1, 0.15) is 17.3 Å². The van der Waals surface area contributed by atoms with Crippen molar-refractivity contribution in [1.29, 1.82) is 0 Å². The average molecular weight is 407 g/mol. The van der Waals surface area contributed by atoms with Crippen molar-refractivity contribution in [3.8, 4) is 11.4 Å². The summed E-state index contributed by atoms with van der Waals surface area (Å²) in [6, 6.07) is 20.2. The molecule has 0 saturated heterocycles. The van der Waals surface area contributed by atoms with Gasteiger partial charge in [-0.15, -0.1) is 10.2 Å². The lowest BCUT2D eigenvalue weighted by atomic mass is 10.1. The van der Waals surface area contributed by atoms with E-state index in [4.69, 9.17) is 9.26 Å². The Hall–Kier alpha value is -3.06. The summed E-state index contributed by atoms with van der Waals surface area (Å²) in [6.45, 7) is 4.53. The molecule has 7 heteroatoms. The molecule has 148 valence electrons. The van der Waals surface area contributed by atoms with Gasteiger partial charge < -0.3 is 9.26 Å². The summed E-state index contributed by atoms with van der Waals surface area (Å²) in [7, 11) is 0. The van der Waals surface area contributed by atoms with Crippen LogP contribution in [0.25, 0.3) is 5.69 Å². The predicted molar refractivity (Wildman–Crippen MR) is 113 cm³/mol. The fourth-order valence-corrected chi connectivity index (χ4v) is 3.87. The third kappa shape index (κ3) is 4.68. The maximum absolute atomic E-state index is 5.58. The first kappa shape index (κ1) is 19.3. The third-order valence-corrected chi connectivity index (χ3v) is 5.28. The fraction of sp³-hybridized carbons (Fsp3) is 0.227. The molecule has 0 aliphatic carbocycles. The molecule has 2 heterocycles. The van der Waals surface area contributed by atoms with E-state index in [2.05, 4.69) is 32.1 Å². The molecule has 2 aromatic heterocycles. The average Bonchev–Trinajstić information content (AvgIpc) is 3.34. The van der Waals surface area contributed by atoms with E-state index in [-0.39, 0.29) is 0 Å². The van der Waals surface area contributed by atoms with Crippen molar-refractivity contribution in [2.45, 2.75) is 31.2 Å². The molecule has 0 aliphatic rings. The predicted octanol–water partition coefficient (Wildman–Crippen LogP) is 4.85. The second-order valence-corrected chi connectivity index (χ2v) is 7.49. The van der Waals surface area contributed by atoms with Crippen molar-refractivity contribution < 1.29 is 9.26 Å². The first-order chi connectivity index (χ1) is 14.2. The zero-order valence-electron chi connectivity index (χ0n) is 16.4. The molecule has 4 rings (SSSR count). The highest BCUT2D eigenvalue weighted by Crippen LogP contribution is 2.27. The summed E-state index contributed by atoms with van der Waals surface area (Å²) < 4.78 is 13.0. The van der Waals surface area contributed by atoms with Gasteiger partial charge in [0.15, 0.2) is 5.16 Å². The van der Waals surface area contributed by atoms with Crippen LogP contribution in [0.2, 0.25) is 0 Å². The van der Waals surface area contributed by atoms with Gasteiger partial charge in [0, 0.05) is 18.2 Å². The van der Waals surface area contributed by atoms with Gasteiger partial charge in [0.05, 0.1) is 18.1 Å². The molecular formula is C22H22N4O2S. The summed E-state index contributed by atoms with van der Waals surface area (Å²) in [5, 5.41) is 13.7. The maximum Gasteiger partial charge on any atom is 0.196 e. The van der Waals surface area contributed by atoms with Crippen LogP contribution in [0.15, 0.2) is 70.3 Å². The van der Waals surface area contributed by atoms with E-state index in [1.165, 1.54) is 5.56 Å². The Morgan fingerprint density at radius 2 is 1.83 bits per heavy atom. The molecule has 0 fully saturated rings. The molecule has 0 spiro atoms. The third-order valence-electron chi connectivity index (χ3n) is 4.33. The summed E-state index contributed by atoms with van der Waals surface area (Å²) in [5.41, 5.74) is 3.06. The Balaban J connectivity index is 1.64. The van der Waals surface area contributed by atoms with Gasteiger partial charge in [0.2, 0.25) is 0 Å². The summed E-state index contributed by atoms with van der Waals surface area (Å²) in [6.07, 6.45) is 0.697. The van der Waals surface area contributed by atoms with Gasteiger partial charge in [-0.3, -0.25) is 4.57 Å². The standard InChI is InChI=1S/C22H22N4O2S/c1-3-27-19-11-9-18(10-12-19)26-21(14-17-7-5-4-6-8-17)23-24-22(26)29-15-20-13-16(2)25-28-20/h4-13H,3,14-15H2,1-2H3. The van der Waals surface area contributed by atoms with Gasteiger partial charge >= 0.3 is 0 Å². The molecule has 2 aromatic carbocycles. The Bertz CT molecular complexity index is 1060. The van der Waals surface area contributed by atoms with Crippen LogP contribution in [0.5, 0.6) is 5.75 Å². The lowest BCUT2D eigenvalue weighted by Gasteiger charge is -2.11. The Kier molecular flexibility index (Phi) is 5.95. The van der Waals surface area contributed by atoms with E-state index >= 15 is 0 Å². The lowest BCUT2D eigenvalue weighted by molar-refractivity contribution is 0.340. The molecule has 0 amide bonds. The molecule has 0 saturated carbocycles. The summed E-state index contributed by atoms with van der Waals surface area (Å²) >= 11 is 1.58. The highest BCUT2D eigenvalue weighted by atomic mass is 32.2. The first-order valence-electron chi connectivity index (χ1n) is 9.49. The maximum atomic E-state index is 5.58. The number of aromatic nitrogens is 4. The quantitative estimate of drug-likeness (QED) is 0.390. The number of rotatable bonds is 8. The Morgan fingerprint density at radius 1 is 1.03 bits per heavy atom. The van der Waals surface area contributed by atoms with Crippen LogP contribution in [0.3, 0.4) is 0 Å². The van der Waals surface area contributed by atoms with Crippen molar-refractivity contribution in [2.24, 2.45) is 0 Å². The highest BCUT2D eigenvalue weighted by molar-refractivity contribution is 7.98. The Labute approximate surface area is 173 Å². The van der Waals surface area contributed by atoms with Crippen LogP contribution >= 0.6 is 11.8 Å². The highest BCUT2D eigenvalue weighted by Gasteiger charge is 2.16. The molecule has 0 aliphatic heterocycles. The van der Waals surface area contributed by atoms with Gasteiger partial charge in [0.25, 0.3) is 0 Å². The molecule has 0 bridgehead atoms. The number of thioether (sulfide) groups is 1. The van der Waals surface area contributed by atoms with Crippen LogP contribution in [-0.2, 0) is 12.2 Å². The lowest BCUT2D eigenvalue weighted by Crippen LogP contribution is -2.04. The van der Waals surface area contributed by atoms with Crippen LogP contribution in [0.4, 0.5) is 0 Å².